The molecule has 0 spiro atoms. The summed E-state index contributed by atoms with van der Waals surface area (Å²) in [5.41, 5.74) is 5.65. The molecule has 0 radical (unpaired) electrons. The van der Waals surface area contributed by atoms with E-state index in [0.717, 1.165) is 27.6 Å². The molecule has 0 bridgehead atoms. The van der Waals surface area contributed by atoms with Crippen molar-refractivity contribution in [3.8, 4) is 0 Å². The first kappa shape index (κ1) is 12.6. The molecule has 0 aliphatic carbocycles. The van der Waals surface area contributed by atoms with Gasteiger partial charge in [-0.3, -0.25) is 5.12 Å². The normalized spacial score (nSPS) is 19.7. The van der Waals surface area contributed by atoms with Crippen molar-refractivity contribution in [3.05, 3.63) is 27.2 Å². The van der Waals surface area contributed by atoms with Crippen LogP contribution < -0.4 is 5.12 Å². The second-order valence-corrected chi connectivity index (χ2v) is 5.31. The van der Waals surface area contributed by atoms with E-state index < -0.39 is 0 Å². The van der Waals surface area contributed by atoms with Gasteiger partial charge in [-0.1, -0.05) is 27.8 Å². The van der Waals surface area contributed by atoms with Gasteiger partial charge in [-0.15, -0.1) is 5.10 Å². The average Bonchev–Trinajstić information content (AvgIpc) is 2.85. The number of hydrogen-bond donors (Lipinski definition) is 1. The van der Waals surface area contributed by atoms with Crippen molar-refractivity contribution in [1.29, 1.82) is 0 Å². The molecule has 94 valence electrons. The van der Waals surface area contributed by atoms with Crippen molar-refractivity contribution in [2.75, 3.05) is 6.54 Å². The van der Waals surface area contributed by atoms with Crippen LogP contribution >= 0.6 is 22.6 Å². The molecule has 0 amide bonds. The van der Waals surface area contributed by atoms with Crippen molar-refractivity contribution in [3.63, 3.8) is 0 Å². The van der Waals surface area contributed by atoms with Crippen molar-refractivity contribution in [2.45, 2.75) is 33.4 Å². The van der Waals surface area contributed by atoms with Gasteiger partial charge >= 0.3 is 0 Å². The molecular weight excluding hydrogens is 331 g/mol. The Balaban J connectivity index is 2.09. The molecule has 2 rings (SSSR count). The molecule has 1 atom stereocenters. The van der Waals surface area contributed by atoms with Crippen LogP contribution in [0.4, 0.5) is 0 Å². The van der Waals surface area contributed by atoms with E-state index in [1.165, 1.54) is 0 Å². The smallest absolute Gasteiger partial charge is 0.139 e. The first-order valence-electron chi connectivity index (χ1n) is 5.72. The number of rotatable bonds is 4. The van der Waals surface area contributed by atoms with Gasteiger partial charge in [0.15, 0.2) is 0 Å². The zero-order valence-electron chi connectivity index (χ0n) is 10.3. The summed E-state index contributed by atoms with van der Waals surface area (Å²) in [4.78, 5) is 0. The molecule has 1 aliphatic heterocycles. The quantitative estimate of drug-likeness (QED) is 0.653. The summed E-state index contributed by atoms with van der Waals surface area (Å²) < 4.78 is 2.98. The molecule has 0 fully saturated rings. The molecule has 1 N–H and O–H groups in total. The molecule has 2 heterocycles. The standard InChI is InChI=1S/C10H17IN6/c1-4-15-7-10(11)13-16(15)6-9-5-12-14-17(9)8(2)3/h5,7-8,16H,4,6H2,1-3H3. The molecule has 0 saturated carbocycles. The van der Waals surface area contributed by atoms with Crippen LogP contribution in [0.5, 0.6) is 0 Å². The van der Waals surface area contributed by atoms with Gasteiger partial charge in [0.2, 0.25) is 0 Å². The maximum atomic E-state index is 4.54. The van der Waals surface area contributed by atoms with Crippen LogP contribution in [0.1, 0.15) is 32.5 Å². The van der Waals surface area contributed by atoms with E-state index >= 15 is 0 Å². The van der Waals surface area contributed by atoms with E-state index in [1.54, 1.807) is 0 Å². The molecule has 17 heavy (non-hydrogen) atoms. The number of halogens is 1. The number of nitrogens with one attached hydrogen (secondary N) is 1. The minimum Gasteiger partial charge on any atom is -0.454 e. The van der Waals surface area contributed by atoms with Crippen molar-refractivity contribution in [2.24, 2.45) is 0 Å². The van der Waals surface area contributed by atoms with Crippen LogP contribution in [0, 0.1) is 0 Å². The van der Waals surface area contributed by atoms with Gasteiger partial charge in [-0.25, -0.2) is 9.69 Å². The second kappa shape index (κ2) is 5.21. The Morgan fingerprint density at radius 1 is 1.53 bits per heavy atom. The summed E-state index contributed by atoms with van der Waals surface area (Å²) in [7, 11) is 0. The lowest BCUT2D eigenvalue weighted by molar-refractivity contribution is -0.980. The van der Waals surface area contributed by atoms with Gasteiger partial charge in [0.05, 0.1) is 12.7 Å². The zero-order chi connectivity index (χ0) is 12.4. The third-order valence-electron chi connectivity index (χ3n) is 2.65. The first-order valence-corrected chi connectivity index (χ1v) is 6.80. The molecule has 1 unspecified atom stereocenters. The van der Waals surface area contributed by atoms with Gasteiger partial charge in [0, 0.05) is 12.2 Å². The summed E-state index contributed by atoms with van der Waals surface area (Å²) >= 11 is 2.24. The molecule has 0 aromatic carbocycles. The van der Waals surface area contributed by atoms with Crippen LogP contribution in [-0.4, -0.2) is 26.5 Å². The minimum atomic E-state index is 0.330. The Morgan fingerprint density at radius 3 is 2.94 bits per heavy atom. The summed E-state index contributed by atoms with van der Waals surface area (Å²) in [6.07, 6.45) is 3.89. The van der Waals surface area contributed by atoms with Crippen molar-refractivity contribution < 1.29 is 5.12 Å². The maximum absolute atomic E-state index is 4.54. The lowest BCUT2D eigenvalue weighted by atomic mass is 10.3. The summed E-state index contributed by atoms with van der Waals surface area (Å²) in [5, 5.41) is 11.3. The fourth-order valence-electron chi connectivity index (χ4n) is 1.82. The van der Waals surface area contributed by atoms with E-state index in [4.69, 9.17) is 0 Å². The van der Waals surface area contributed by atoms with Crippen LogP contribution in [0.15, 0.2) is 16.1 Å². The Labute approximate surface area is 115 Å². The van der Waals surface area contributed by atoms with E-state index in [2.05, 4.69) is 70.3 Å². The van der Waals surface area contributed by atoms with E-state index in [9.17, 15) is 0 Å². The summed E-state index contributed by atoms with van der Waals surface area (Å²) in [6.45, 7) is 8.05. The Bertz CT molecular complexity index is 413. The number of hydrogen-bond acceptors (Lipinski definition) is 3. The molecule has 1 aromatic heterocycles. The predicted molar refractivity (Wildman–Crippen MR) is 72.9 cm³/mol. The van der Waals surface area contributed by atoms with E-state index in [0.29, 0.717) is 6.04 Å². The van der Waals surface area contributed by atoms with Gasteiger partial charge in [0.25, 0.3) is 0 Å². The number of quaternary nitrogens is 1. The van der Waals surface area contributed by atoms with Gasteiger partial charge < -0.3 is 5.43 Å². The lowest BCUT2D eigenvalue weighted by Crippen LogP contribution is -3.11. The van der Waals surface area contributed by atoms with Crippen LogP contribution in [0.2, 0.25) is 0 Å². The number of aromatic nitrogens is 3. The Kier molecular flexibility index (Phi) is 3.87. The highest BCUT2D eigenvalue weighted by molar-refractivity contribution is 14.1. The number of nitrogens with zero attached hydrogens (tertiary/aromatic N) is 5. The van der Waals surface area contributed by atoms with Gasteiger partial charge in [0.1, 0.15) is 12.2 Å². The molecule has 1 aliphatic rings. The van der Waals surface area contributed by atoms with Crippen molar-refractivity contribution >= 4 is 22.6 Å². The highest BCUT2D eigenvalue weighted by Crippen LogP contribution is 2.15. The molecule has 1 aromatic rings. The van der Waals surface area contributed by atoms with E-state index in [1.807, 2.05) is 10.9 Å². The first-order chi connectivity index (χ1) is 8.11. The maximum Gasteiger partial charge on any atom is 0.139 e. The van der Waals surface area contributed by atoms with E-state index in [-0.39, 0.29) is 0 Å². The topological polar surface area (TPSA) is 52.5 Å². The highest BCUT2D eigenvalue weighted by atomic mass is 127. The Morgan fingerprint density at radius 2 is 2.29 bits per heavy atom. The molecule has 0 saturated heterocycles. The largest absolute Gasteiger partial charge is 0.454 e. The molecular formula is C10H17IN6. The highest BCUT2D eigenvalue weighted by Gasteiger charge is 2.18. The second-order valence-electron chi connectivity index (χ2n) is 4.21. The average molecular weight is 348 g/mol. The van der Waals surface area contributed by atoms with Gasteiger partial charge in [-0.05, 0) is 24.5 Å². The Hall–Kier alpha value is -0.830. The van der Waals surface area contributed by atoms with Crippen molar-refractivity contribution in [1.82, 2.24) is 20.0 Å². The third kappa shape index (κ3) is 2.71. The van der Waals surface area contributed by atoms with Crippen LogP contribution in [0.25, 0.3) is 5.43 Å². The van der Waals surface area contributed by atoms with Gasteiger partial charge in [-0.2, -0.15) is 0 Å². The van der Waals surface area contributed by atoms with Crippen LogP contribution in [-0.2, 0) is 6.54 Å². The predicted octanol–water partition coefficient (Wildman–Crippen LogP) is 1.02. The monoisotopic (exact) mass is 348 g/mol. The summed E-state index contributed by atoms with van der Waals surface area (Å²) in [6, 6.07) is 0.330. The SMILES string of the molecule is CCN1C=C(I)[N-][NH+]1Cc1cnnn1C(C)C. The lowest BCUT2D eigenvalue weighted by Gasteiger charge is -2.31. The molecule has 7 heteroatoms. The fourth-order valence-corrected chi connectivity index (χ4v) is 2.44. The molecule has 6 nitrogen and oxygen atoms in total. The zero-order valence-corrected chi connectivity index (χ0v) is 12.4. The summed E-state index contributed by atoms with van der Waals surface area (Å²) in [5.74, 6) is 0. The fraction of sp³-hybridized carbons (Fsp3) is 0.600. The minimum absolute atomic E-state index is 0.330. The third-order valence-corrected chi connectivity index (χ3v) is 3.17. The van der Waals surface area contributed by atoms with Crippen LogP contribution in [0.3, 0.4) is 0 Å².